The monoisotopic (exact) mass is 461 g/mol. The first-order valence-electron chi connectivity index (χ1n) is 9.23. The van der Waals surface area contributed by atoms with E-state index in [2.05, 4.69) is 15.5 Å². The summed E-state index contributed by atoms with van der Waals surface area (Å²) >= 11 is 4.53. The Bertz CT molecular complexity index is 963. The highest BCUT2D eigenvalue weighted by molar-refractivity contribution is 8.03. The Morgan fingerprint density at radius 3 is 2.43 bits per heavy atom. The molecule has 1 N–H and O–H groups in total. The maximum atomic E-state index is 12.3. The van der Waals surface area contributed by atoms with Crippen molar-refractivity contribution in [1.29, 1.82) is 0 Å². The van der Waals surface area contributed by atoms with E-state index in [1.165, 1.54) is 28.7 Å². The van der Waals surface area contributed by atoms with Gasteiger partial charge in [0.2, 0.25) is 5.91 Å². The number of rotatable bonds is 10. The molecule has 0 saturated carbocycles. The molecule has 158 valence electrons. The fourth-order valence-electron chi connectivity index (χ4n) is 2.69. The van der Waals surface area contributed by atoms with Crippen molar-refractivity contribution < 1.29 is 14.3 Å². The molecular weight excluding hydrogens is 438 g/mol. The number of nitrogens with one attached hydrogen (secondary N) is 1. The predicted molar refractivity (Wildman–Crippen MR) is 123 cm³/mol. The number of methoxy groups -OCH3 is 2. The van der Waals surface area contributed by atoms with Crippen LogP contribution >= 0.6 is 34.9 Å². The van der Waals surface area contributed by atoms with Crippen LogP contribution in [0.5, 0.6) is 11.5 Å². The summed E-state index contributed by atoms with van der Waals surface area (Å²) in [6, 6.07) is 15.5. The number of carbonyl (C=O) groups is 1. The number of benzene rings is 2. The zero-order valence-electron chi connectivity index (χ0n) is 17.0. The molecule has 1 unspecified atom stereocenters. The molecule has 0 saturated heterocycles. The number of nitrogens with zero attached hydrogens (tertiary/aromatic N) is 2. The van der Waals surface area contributed by atoms with Gasteiger partial charge >= 0.3 is 0 Å². The summed E-state index contributed by atoms with van der Waals surface area (Å²) < 4.78 is 12.2. The molecule has 1 heterocycles. The predicted octanol–water partition coefficient (Wildman–Crippen LogP) is 4.82. The van der Waals surface area contributed by atoms with Gasteiger partial charge in [0.1, 0.15) is 11.5 Å². The van der Waals surface area contributed by atoms with Crippen LogP contribution in [0.3, 0.4) is 0 Å². The van der Waals surface area contributed by atoms with Crippen molar-refractivity contribution in [2.45, 2.75) is 27.4 Å². The van der Waals surface area contributed by atoms with Gasteiger partial charge < -0.3 is 14.8 Å². The lowest BCUT2D eigenvalue weighted by Crippen LogP contribution is -2.28. The summed E-state index contributed by atoms with van der Waals surface area (Å²) in [4.78, 5) is 12.3. The number of para-hydroxylation sites is 1. The van der Waals surface area contributed by atoms with E-state index in [1.807, 2.05) is 55.5 Å². The van der Waals surface area contributed by atoms with Gasteiger partial charge in [-0.1, -0.05) is 65.2 Å². The largest absolute Gasteiger partial charge is 0.497 e. The minimum Gasteiger partial charge on any atom is -0.497 e. The Morgan fingerprint density at radius 2 is 1.73 bits per heavy atom. The van der Waals surface area contributed by atoms with E-state index in [4.69, 9.17) is 9.47 Å². The Balaban J connectivity index is 1.45. The molecular formula is C21H23N3O3S3. The topological polar surface area (TPSA) is 73.3 Å². The van der Waals surface area contributed by atoms with Crippen molar-refractivity contribution >= 4 is 40.8 Å². The third-order valence-electron chi connectivity index (χ3n) is 4.22. The van der Waals surface area contributed by atoms with E-state index >= 15 is 0 Å². The second-order valence-electron chi connectivity index (χ2n) is 6.29. The summed E-state index contributed by atoms with van der Waals surface area (Å²) in [5.74, 6) is 2.65. The standard InChI is InChI=1S/C21H23N3O3S3/c1-14(17-6-4-5-7-18(17)27-3)22-19(25)13-29-21-24-23-20(30-21)28-12-15-8-10-16(26-2)11-9-15/h4-11,14H,12-13H2,1-3H3,(H,22,25). The number of hydrogen-bond donors (Lipinski definition) is 1. The highest BCUT2D eigenvalue weighted by Crippen LogP contribution is 2.31. The molecule has 3 aromatic rings. The summed E-state index contributed by atoms with van der Waals surface area (Å²) in [6.45, 7) is 1.94. The highest BCUT2D eigenvalue weighted by Gasteiger charge is 2.15. The van der Waals surface area contributed by atoms with Crippen LogP contribution in [0.15, 0.2) is 57.2 Å². The molecule has 0 aliphatic rings. The van der Waals surface area contributed by atoms with Crippen LogP contribution in [0.4, 0.5) is 0 Å². The molecule has 0 aliphatic heterocycles. The third kappa shape index (κ3) is 6.38. The molecule has 9 heteroatoms. The molecule has 0 radical (unpaired) electrons. The second-order valence-corrected chi connectivity index (χ2v) is 9.71. The van der Waals surface area contributed by atoms with Gasteiger partial charge in [0.15, 0.2) is 8.68 Å². The Labute approximate surface area is 188 Å². The van der Waals surface area contributed by atoms with Crippen LogP contribution in [-0.2, 0) is 10.5 Å². The lowest BCUT2D eigenvalue weighted by Gasteiger charge is -2.16. The Morgan fingerprint density at radius 1 is 1.03 bits per heavy atom. The van der Waals surface area contributed by atoms with Gasteiger partial charge in [0, 0.05) is 11.3 Å². The summed E-state index contributed by atoms with van der Waals surface area (Å²) in [6.07, 6.45) is 0. The van der Waals surface area contributed by atoms with Gasteiger partial charge in [-0.2, -0.15) is 0 Å². The van der Waals surface area contributed by atoms with E-state index in [-0.39, 0.29) is 17.7 Å². The van der Waals surface area contributed by atoms with Crippen molar-refractivity contribution in [3.05, 3.63) is 59.7 Å². The van der Waals surface area contributed by atoms with Crippen molar-refractivity contribution in [1.82, 2.24) is 15.5 Å². The normalized spacial score (nSPS) is 11.7. The first-order chi connectivity index (χ1) is 14.6. The van der Waals surface area contributed by atoms with E-state index in [1.54, 1.807) is 26.0 Å². The molecule has 6 nitrogen and oxygen atoms in total. The van der Waals surface area contributed by atoms with Crippen LogP contribution in [-0.4, -0.2) is 36.1 Å². The van der Waals surface area contributed by atoms with E-state index < -0.39 is 0 Å². The average Bonchev–Trinajstić information content (AvgIpc) is 3.24. The minimum absolute atomic E-state index is 0.0546. The van der Waals surface area contributed by atoms with Crippen molar-refractivity contribution in [2.24, 2.45) is 0 Å². The van der Waals surface area contributed by atoms with Crippen molar-refractivity contribution in [3.63, 3.8) is 0 Å². The second kappa shape index (κ2) is 11.2. The molecule has 1 amide bonds. The number of aromatic nitrogens is 2. The number of amides is 1. The van der Waals surface area contributed by atoms with Gasteiger partial charge in [0.25, 0.3) is 0 Å². The van der Waals surface area contributed by atoms with Gasteiger partial charge in [-0.15, -0.1) is 10.2 Å². The van der Waals surface area contributed by atoms with Crippen LogP contribution in [0.1, 0.15) is 24.1 Å². The third-order valence-corrected chi connectivity index (χ3v) is 7.48. The molecule has 0 bridgehead atoms. The molecule has 3 rings (SSSR count). The van der Waals surface area contributed by atoms with E-state index in [0.717, 1.165) is 31.5 Å². The fourth-order valence-corrected chi connectivity index (χ4v) is 5.48. The van der Waals surface area contributed by atoms with Crippen molar-refractivity contribution in [2.75, 3.05) is 20.0 Å². The molecule has 1 atom stereocenters. The summed E-state index contributed by atoms with van der Waals surface area (Å²) in [5, 5.41) is 11.4. The average molecular weight is 462 g/mol. The number of hydrogen-bond acceptors (Lipinski definition) is 8. The Kier molecular flexibility index (Phi) is 8.41. The summed E-state index contributed by atoms with van der Waals surface area (Å²) in [5.41, 5.74) is 2.14. The van der Waals surface area contributed by atoms with Gasteiger partial charge in [0.05, 0.1) is 26.0 Å². The lowest BCUT2D eigenvalue weighted by molar-refractivity contribution is -0.119. The fraction of sp³-hybridized carbons (Fsp3) is 0.286. The van der Waals surface area contributed by atoms with Crippen molar-refractivity contribution in [3.8, 4) is 11.5 Å². The zero-order valence-corrected chi connectivity index (χ0v) is 19.4. The maximum absolute atomic E-state index is 12.3. The van der Waals surface area contributed by atoms with Crippen LogP contribution in [0.2, 0.25) is 0 Å². The van der Waals surface area contributed by atoms with E-state index in [9.17, 15) is 4.79 Å². The maximum Gasteiger partial charge on any atom is 0.230 e. The zero-order chi connectivity index (χ0) is 21.3. The van der Waals surface area contributed by atoms with Crippen LogP contribution in [0.25, 0.3) is 0 Å². The molecule has 1 aromatic heterocycles. The summed E-state index contributed by atoms with van der Waals surface area (Å²) in [7, 11) is 3.28. The molecule has 0 fully saturated rings. The smallest absolute Gasteiger partial charge is 0.230 e. The lowest BCUT2D eigenvalue weighted by atomic mass is 10.1. The number of carbonyl (C=O) groups excluding carboxylic acids is 1. The minimum atomic E-state index is -0.140. The van der Waals surface area contributed by atoms with Gasteiger partial charge in [-0.25, -0.2) is 0 Å². The first kappa shape index (κ1) is 22.5. The Hall–Kier alpha value is -2.23. The number of ether oxygens (including phenoxy) is 2. The highest BCUT2D eigenvalue weighted by atomic mass is 32.2. The quantitative estimate of drug-likeness (QED) is 0.434. The van der Waals surface area contributed by atoms with Gasteiger partial charge in [-0.3, -0.25) is 4.79 Å². The van der Waals surface area contributed by atoms with Crippen LogP contribution < -0.4 is 14.8 Å². The SMILES string of the molecule is COc1ccc(CSc2nnc(SCC(=O)NC(C)c3ccccc3OC)s2)cc1. The van der Waals surface area contributed by atoms with Crippen LogP contribution in [0, 0.1) is 0 Å². The molecule has 2 aromatic carbocycles. The molecule has 0 spiro atoms. The van der Waals surface area contributed by atoms with E-state index in [0.29, 0.717) is 0 Å². The first-order valence-corrected chi connectivity index (χ1v) is 12.0. The molecule has 30 heavy (non-hydrogen) atoms. The van der Waals surface area contributed by atoms with Gasteiger partial charge in [-0.05, 0) is 30.7 Å². The number of thioether (sulfide) groups is 2. The molecule has 0 aliphatic carbocycles.